The summed E-state index contributed by atoms with van der Waals surface area (Å²) in [5.41, 5.74) is 1.51. The van der Waals surface area contributed by atoms with Gasteiger partial charge in [0.15, 0.2) is 0 Å². The first-order valence-corrected chi connectivity index (χ1v) is 7.13. The van der Waals surface area contributed by atoms with Gasteiger partial charge in [0.25, 0.3) is 0 Å². The number of anilines is 1. The van der Waals surface area contributed by atoms with Crippen molar-refractivity contribution in [2.24, 2.45) is 0 Å². The van der Waals surface area contributed by atoms with Crippen LogP contribution < -0.4 is 5.32 Å². The van der Waals surface area contributed by atoms with Crippen LogP contribution in [0.15, 0.2) is 42.6 Å². The van der Waals surface area contributed by atoms with Crippen LogP contribution in [-0.4, -0.2) is 17.6 Å². The summed E-state index contributed by atoms with van der Waals surface area (Å²) in [5, 5.41) is 3.96. The first-order chi connectivity index (χ1) is 10.1. The highest BCUT2D eigenvalue weighted by Gasteiger charge is 2.09. The highest BCUT2D eigenvalue weighted by molar-refractivity contribution is 6.30. The molecule has 0 amide bonds. The van der Waals surface area contributed by atoms with Crippen LogP contribution in [0, 0.1) is 0 Å². The molecule has 0 aliphatic carbocycles. The van der Waals surface area contributed by atoms with E-state index in [1.807, 2.05) is 31.2 Å². The third kappa shape index (κ3) is 4.20. The van der Waals surface area contributed by atoms with Crippen LogP contribution in [0.3, 0.4) is 0 Å². The molecule has 0 fully saturated rings. The second kappa shape index (κ2) is 7.09. The van der Waals surface area contributed by atoms with Gasteiger partial charge in [-0.3, -0.25) is 0 Å². The lowest BCUT2D eigenvalue weighted by Gasteiger charge is -2.15. The lowest BCUT2D eigenvalue weighted by molar-refractivity contribution is 0.0526. The first kappa shape index (κ1) is 15.3. The van der Waals surface area contributed by atoms with Crippen LogP contribution >= 0.6 is 11.6 Å². The molecule has 2 aromatic rings. The van der Waals surface area contributed by atoms with E-state index in [9.17, 15) is 4.79 Å². The SMILES string of the molecule is CCOC(=O)c1ccc(NC(C)c2cccc(Cl)c2)nc1. The Hall–Kier alpha value is -2.07. The Morgan fingerprint density at radius 3 is 2.81 bits per heavy atom. The van der Waals surface area contributed by atoms with E-state index in [1.54, 1.807) is 19.1 Å². The quantitative estimate of drug-likeness (QED) is 0.845. The van der Waals surface area contributed by atoms with Crippen molar-refractivity contribution in [1.29, 1.82) is 0 Å². The summed E-state index contributed by atoms with van der Waals surface area (Å²) in [5.74, 6) is 0.329. The van der Waals surface area contributed by atoms with Gasteiger partial charge in [-0.05, 0) is 43.7 Å². The van der Waals surface area contributed by atoms with E-state index < -0.39 is 0 Å². The largest absolute Gasteiger partial charge is 0.462 e. The van der Waals surface area contributed by atoms with E-state index in [-0.39, 0.29) is 12.0 Å². The summed E-state index contributed by atoms with van der Waals surface area (Å²) in [4.78, 5) is 15.8. The van der Waals surface area contributed by atoms with Crippen LogP contribution in [0.5, 0.6) is 0 Å². The van der Waals surface area contributed by atoms with Crippen LogP contribution in [0.2, 0.25) is 5.02 Å². The van der Waals surface area contributed by atoms with Crippen molar-refractivity contribution in [3.05, 3.63) is 58.7 Å². The number of rotatable bonds is 5. The predicted molar refractivity (Wildman–Crippen MR) is 83.7 cm³/mol. The minimum Gasteiger partial charge on any atom is -0.462 e. The molecule has 2 rings (SSSR count). The van der Waals surface area contributed by atoms with E-state index in [0.29, 0.717) is 23.0 Å². The molecule has 0 bridgehead atoms. The summed E-state index contributed by atoms with van der Waals surface area (Å²) in [7, 11) is 0. The molecule has 5 heteroatoms. The Bertz CT molecular complexity index is 614. The molecule has 1 aromatic carbocycles. The van der Waals surface area contributed by atoms with E-state index >= 15 is 0 Å². The minimum atomic E-state index is -0.362. The number of esters is 1. The third-order valence-electron chi connectivity index (χ3n) is 2.99. The van der Waals surface area contributed by atoms with Gasteiger partial charge in [0.1, 0.15) is 5.82 Å². The zero-order valence-electron chi connectivity index (χ0n) is 12.0. The van der Waals surface area contributed by atoms with Gasteiger partial charge in [-0.2, -0.15) is 0 Å². The fourth-order valence-corrected chi connectivity index (χ4v) is 2.09. The topological polar surface area (TPSA) is 51.2 Å². The fraction of sp³-hybridized carbons (Fsp3) is 0.250. The van der Waals surface area contributed by atoms with Crippen LogP contribution in [0.25, 0.3) is 0 Å². The number of nitrogens with one attached hydrogen (secondary N) is 1. The van der Waals surface area contributed by atoms with Crippen molar-refractivity contribution >= 4 is 23.4 Å². The standard InChI is InChI=1S/C16H17ClN2O2/c1-3-21-16(20)13-7-8-15(18-10-13)19-11(2)12-5-4-6-14(17)9-12/h4-11H,3H2,1-2H3,(H,18,19). The lowest BCUT2D eigenvalue weighted by atomic mass is 10.1. The maximum atomic E-state index is 11.5. The molecule has 0 saturated heterocycles. The van der Waals surface area contributed by atoms with Gasteiger partial charge in [0, 0.05) is 17.3 Å². The fourth-order valence-electron chi connectivity index (χ4n) is 1.90. The Labute approximate surface area is 129 Å². The maximum Gasteiger partial charge on any atom is 0.339 e. The summed E-state index contributed by atoms with van der Waals surface area (Å²) < 4.78 is 4.92. The minimum absolute atomic E-state index is 0.0599. The molecule has 21 heavy (non-hydrogen) atoms. The molecule has 0 aliphatic heterocycles. The van der Waals surface area contributed by atoms with Crippen molar-refractivity contribution < 1.29 is 9.53 Å². The number of aromatic nitrogens is 1. The van der Waals surface area contributed by atoms with Crippen LogP contribution in [0.1, 0.15) is 35.8 Å². The lowest BCUT2D eigenvalue weighted by Crippen LogP contribution is -2.09. The van der Waals surface area contributed by atoms with Crippen molar-refractivity contribution in [2.45, 2.75) is 19.9 Å². The van der Waals surface area contributed by atoms with Gasteiger partial charge >= 0.3 is 5.97 Å². The predicted octanol–water partition coefficient (Wildman–Crippen LogP) is 4.08. The molecule has 1 unspecified atom stereocenters. The molecular formula is C16H17ClN2O2. The van der Waals surface area contributed by atoms with E-state index in [2.05, 4.69) is 10.3 Å². The van der Waals surface area contributed by atoms with E-state index in [1.165, 1.54) is 6.20 Å². The number of halogens is 1. The number of carbonyl (C=O) groups excluding carboxylic acids is 1. The Kier molecular flexibility index (Phi) is 5.17. The average Bonchev–Trinajstić information content (AvgIpc) is 2.48. The molecule has 4 nitrogen and oxygen atoms in total. The molecule has 1 N–H and O–H groups in total. The maximum absolute atomic E-state index is 11.5. The van der Waals surface area contributed by atoms with Gasteiger partial charge in [-0.1, -0.05) is 23.7 Å². The van der Waals surface area contributed by atoms with E-state index in [0.717, 1.165) is 5.56 Å². The molecule has 1 aromatic heterocycles. The smallest absolute Gasteiger partial charge is 0.339 e. The summed E-state index contributed by atoms with van der Waals surface area (Å²) in [6.45, 7) is 4.14. The van der Waals surface area contributed by atoms with Crippen LogP contribution in [-0.2, 0) is 4.74 Å². The molecule has 0 radical (unpaired) electrons. The zero-order chi connectivity index (χ0) is 15.2. The number of pyridine rings is 1. The molecule has 0 aliphatic rings. The molecule has 0 spiro atoms. The van der Waals surface area contributed by atoms with Gasteiger partial charge in [0.05, 0.1) is 12.2 Å². The number of carbonyl (C=O) groups is 1. The number of ether oxygens (including phenoxy) is 1. The Balaban J connectivity index is 2.04. The van der Waals surface area contributed by atoms with Gasteiger partial charge in [-0.15, -0.1) is 0 Å². The van der Waals surface area contributed by atoms with Crippen molar-refractivity contribution in [3.63, 3.8) is 0 Å². The van der Waals surface area contributed by atoms with Gasteiger partial charge in [-0.25, -0.2) is 9.78 Å². The molecule has 1 atom stereocenters. The number of hydrogen-bond donors (Lipinski definition) is 1. The molecule has 1 heterocycles. The Morgan fingerprint density at radius 2 is 2.19 bits per heavy atom. The average molecular weight is 305 g/mol. The summed E-state index contributed by atoms with van der Waals surface area (Å²) in [6.07, 6.45) is 1.50. The van der Waals surface area contributed by atoms with Gasteiger partial charge < -0.3 is 10.1 Å². The zero-order valence-corrected chi connectivity index (χ0v) is 12.7. The first-order valence-electron chi connectivity index (χ1n) is 6.75. The van der Waals surface area contributed by atoms with E-state index in [4.69, 9.17) is 16.3 Å². The monoisotopic (exact) mass is 304 g/mol. The summed E-state index contributed by atoms with van der Waals surface area (Å²) in [6, 6.07) is 11.2. The Morgan fingerprint density at radius 1 is 1.38 bits per heavy atom. The molecular weight excluding hydrogens is 288 g/mol. The summed E-state index contributed by atoms with van der Waals surface area (Å²) >= 11 is 5.98. The van der Waals surface area contributed by atoms with Crippen molar-refractivity contribution in [3.8, 4) is 0 Å². The van der Waals surface area contributed by atoms with Crippen molar-refractivity contribution in [1.82, 2.24) is 4.98 Å². The van der Waals surface area contributed by atoms with Crippen molar-refractivity contribution in [2.75, 3.05) is 11.9 Å². The third-order valence-corrected chi connectivity index (χ3v) is 3.22. The highest BCUT2D eigenvalue weighted by Crippen LogP contribution is 2.21. The normalized spacial score (nSPS) is 11.8. The number of nitrogens with zero attached hydrogens (tertiary/aromatic N) is 1. The highest BCUT2D eigenvalue weighted by atomic mass is 35.5. The van der Waals surface area contributed by atoms with Gasteiger partial charge in [0.2, 0.25) is 0 Å². The second-order valence-electron chi connectivity index (χ2n) is 4.57. The molecule has 110 valence electrons. The second-order valence-corrected chi connectivity index (χ2v) is 5.01. The number of benzene rings is 1. The molecule has 0 saturated carbocycles. The van der Waals surface area contributed by atoms with Crippen LogP contribution in [0.4, 0.5) is 5.82 Å². The number of hydrogen-bond acceptors (Lipinski definition) is 4.